The Bertz CT molecular complexity index is 389. The molecule has 25 heavy (non-hydrogen) atoms. The summed E-state index contributed by atoms with van der Waals surface area (Å²) in [6.45, 7) is 2.29. The van der Waals surface area contributed by atoms with Crippen LogP contribution in [0.4, 0.5) is 0 Å². The van der Waals surface area contributed by atoms with Crippen molar-refractivity contribution in [1.29, 1.82) is 5.26 Å². The molecule has 2 aliphatic carbocycles. The highest BCUT2D eigenvalue weighted by atomic mass is 14.3. The van der Waals surface area contributed by atoms with Crippen molar-refractivity contribution in [3.05, 3.63) is 12.2 Å². The van der Waals surface area contributed by atoms with Gasteiger partial charge < -0.3 is 0 Å². The SMILES string of the molecule is CCCCCCC/C=C/[C@H]1CC[C@H](CCC2CCC(C#N)CC2)CC1. The van der Waals surface area contributed by atoms with Gasteiger partial charge in [0, 0.05) is 5.92 Å². The van der Waals surface area contributed by atoms with E-state index in [9.17, 15) is 0 Å². The van der Waals surface area contributed by atoms with E-state index in [-0.39, 0.29) is 0 Å². The van der Waals surface area contributed by atoms with Crippen molar-refractivity contribution < 1.29 is 0 Å². The van der Waals surface area contributed by atoms with E-state index in [4.69, 9.17) is 5.26 Å². The molecule has 0 aliphatic heterocycles. The summed E-state index contributed by atoms with van der Waals surface area (Å²) >= 11 is 0. The van der Waals surface area contributed by atoms with E-state index in [0.29, 0.717) is 5.92 Å². The molecule has 1 heteroatoms. The summed E-state index contributed by atoms with van der Waals surface area (Å²) in [5.41, 5.74) is 0. The van der Waals surface area contributed by atoms with Crippen molar-refractivity contribution in [2.45, 2.75) is 110 Å². The Kier molecular flexibility index (Phi) is 10.3. The molecule has 0 saturated heterocycles. The zero-order valence-corrected chi connectivity index (χ0v) is 16.7. The van der Waals surface area contributed by atoms with Gasteiger partial charge in [0.1, 0.15) is 0 Å². The van der Waals surface area contributed by atoms with E-state index >= 15 is 0 Å². The van der Waals surface area contributed by atoms with Crippen LogP contribution in [-0.2, 0) is 0 Å². The molecule has 0 aromatic carbocycles. The third-order valence-corrected chi connectivity index (χ3v) is 6.79. The Labute approximate surface area is 157 Å². The first-order chi connectivity index (χ1) is 12.3. The molecular formula is C24H41N. The molecule has 0 aromatic rings. The van der Waals surface area contributed by atoms with Gasteiger partial charge in [-0.2, -0.15) is 5.26 Å². The van der Waals surface area contributed by atoms with Crippen molar-refractivity contribution in [2.75, 3.05) is 0 Å². The lowest BCUT2D eigenvalue weighted by Crippen LogP contribution is -2.17. The van der Waals surface area contributed by atoms with Crippen LogP contribution in [0.25, 0.3) is 0 Å². The second-order valence-corrected chi connectivity index (χ2v) is 8.84. The third kappa shape index (κ3) is 8.44. The van der Waals surface area contributed by atoms with Crippen LogP contribution in [0.3, 0.4) is 0 Å². The van der Waals surface area contributed by atoms with E-state index in [1.54, 1.807) is 0 Å². The van der Waals surface area contributed by atoms with Crippen LogP contribution in [-0.4, -0.2) is 0 Å². The highest BCUT2D eigenvalue weighted by Crippen LogP contribution is 2.36. The molecule has 0 N–H and O–H groups in total. The molecule has 2 aliphatic rings. The first-order valence-corrected chi connectivity index (χ1v) is 11.4. The lowest BCUT2D eigenvalue weighted by Gasteiger charge is -2.30. The molecule has 0 aromatic heterocycles. The Morgan fingerprint density at radius 1 is 0.800 bits per heavy atom. The van der Waals surface area contributed by atoms with E-state index in [2.05, 4.69) is 25.1 Å². The van der Waals surface area contributed by atoms with Crippen LogP contribution in [0.5, 0.6) is 0 Å². The molecule has 142 valence electrons. The number of hydrogen-bond donors (Lipinski definition) is 0. The number of rotatable bonds is 10. The fraction of sp³-hybridized carbons (Fsp3) is 0.875. The summed E-state index contributed by atoms with van der Waals surface area (Å²) in [5.74, 6) is 3.16. The molecule has 2 rings (SSSR count). The molecule has 0 radical (unpaired) electrons. The van der Waals surface area contributed by atoms with Gasteiger partial charge in [0.15, 0.2) is 0 Å². The molecule has 0 bridgehead atoms. The van der Waals surface area contributed by atoms with Gasteiger partial charge in [-0.3, -0.25) is 0 Å². The minimum Gasteiger partial charge on any atom is -0.198 e. The van der Waals surface area contributed by atoms with Gasteiger partial charge in [-0.15, -0.1) is 0 Å². The average Bonchev–Trinajstić information content (AvgIpc) is 2.67. The highest BCUT2D eigenvalue weighted by molar-refractivity contribution is 4.91. The lowest BCUT2D eigenvalue weighted by molar-refractivity contribution is 0.242. The Morgan fingerprint density at radius 2 is 1.40 bits per heavy atom. The first-order valence-electron chi connectivity index (χ1n) is 11.4. The fourth-order valence-electron chi connectivity index (χ4n) is 4.88. The van der Waals surface area contributed by atoms with Crippen molar-refractivity contribution in [3.63, 3.8) is 0 Å². The summed E-state index contributed by atoms with van der Waals surface area (Å²) in [5, 5.41) is 9.01. The second kappa shape index (κ2) is 12.6. The molecular weight excluding hydrogens is 302 g/mol. The third-order valence-electron chi connectivity index (χ3n) is 6.79. The van der Waals surface area contributed by atoms with E-state index in [0.717, 1.165) is 30.6 Å². The zero-order valence-electron chi connectivity index (χ0n) is 16.7. The van der Waals surface area contributed by atoms with Gasteiger partial charge in [0.2, 0.25) is 0 Å². The summed E-state index contributed by atoms with van der Waals surface area (Å²) < 4.78 is 0. The number of unbranched alkanes of at least 4 members (excludes halogenated alkanes) is 5. The monoisotopic (exact) mass is 343 g/mol. The van der Waals surface area contributed by atoms with Gasteiger partial charge in [-0.25, -0.2) is 0 Å². The molecule has 0 unspecified atom stereocenters. The van der Waals surface area contributed by atoms with E-state index in [1.165, 1.54) is 89.9 Å². The Hall–Kier alpha value is -0.770. The standard InChI is InChI=1S/C24H41N/c1-2-3-4-5-6-7-8-9-21-10-12-22(13-11-21)14-15-23-16-18-24(20-25)19-17-23/h8-9,21-24H,2-7,10-19H2,1H3/b9-8+/t21-,22-,23?,24?. The number of hydrogen-bond acceptors (Lipinski definition) is 1. The molecule has 1 nitrogen and oxygen atoms in total. The van der Waals surface area contributed by atoms with Crippen molar-refractivity contribution >= 4 is 0 Å². The van der Waals surface area contributed by atoms with Crippen LogP contribution >= 0.6 is 0 Å². The largest absolute Gasteiger partial charge is 0.198 e. The molecule has 0 amide bonds. The molecule has 2 fully saturated rings. The van der Waals surface area contributed by atoms with Crippen LogP contribution < -0.4 is 0 Å². The quantitative estimate of drug-likeness (QED) is 0.293. The normalized spacial score (nSPS) is 30.4. The van der Waals surface area contributed by atoms with Crippen LogP contribution in [0.1, 0.15) is 110 Å². The Balaban J connectivity index is 1.49. The first kappa shape index (κ1) is 20.5. The summed E-state index contributed by atoms with van der Waals surface area (Å²) in [4.78, 5) is 0. The number of allylic oxidation sites excluding steroid dienone is 2. The van der Waals surface area contributed by atoms with Crippen molar-refractivity contribution in [3.8, 4) is 6.07 Å². The maximum Gasteiger partial charge on any atom is 0.0655 e. The summed E-state index contributed by atoms with van der Waals surface area (Å²) in [6.07, 6.45) is 26.9. The van der Waals surface area contributed by atoms with Gasteiger partial charge in [0.05, 0.1) is 6.07 Å². The summed E-state index contributed by atoms with van der Waals surface area (Å²) in [6, 6.07) is 2.46. The van der Waals surface area contributed by atoms with Crippen molar-refractivity contribution in [2.24, 2.45) is 23.7 Å². The Morgan fingerprint density at radius 3 is 2.00 bits per heavy atom. The van der Waals surface area contributed by atoms with Crippen LogP contribution in [0.15, 0.2) is 12.2 Å². The van der Waals surface area contributed by atoms with Crippen molar-refractivity contribution in [1.82, 2.24) is 0 Å². The maximum absolute atomic E-state index is 9.01. The van der Waals surface area contributed by atoms with Gasteiger partial charge >= 0.3 is 0 Å². The molecule has 0 heterocycles. The van der Waals surface area contributed by atoms with E-state index in [1.807, 2.05) is 0 Å². The summed E-state index contributed by atoms with van der Waals surface area (Å²) in [7, 11) is 0. The predicted octanol–water partition coefficient (Wildman–Crippen LogP) is 7.82. The van der Waals surface area contributed by atoms with Crippen LogP contribution in [0, 0.1) is 35.0 Å². The highest BCUT2D eigenvalue weighted by Gasteiger charge is 2.23. The van der Waals surface area contributed by atoms with E-state index < -0.39 is 0 Å². The minimum atomic E-state index is 0.366. The van der Waals surface area contributed by atoms with Gasteiger partial charge in [-0.05, 0) is 82.0 Å². The molecule has 0 spiro atoms. The van der Waals surface area contributed by atoms with Gasteiger partial charge in [0.25, 0.3) is 0 Å². The fourth-order valence-corrected chi connectivity index (χ4v) is 4.88. The minimum absolute atomic E-state index is 0.366. The predicted molar refractivity (Wildman–Crippen MR) is 108 cm³/mol. The topological polar surface area (TPSA) is 23.8 Å². The number of nitriles is 1. The van der Waals surface area contributed by atoms with Gasteiger partial charge in [-0.1, -0.05) is 57.6 Å². The smallest absolute Gasteiger partial charge is 0.0655 e. The zero-order chi connectivity index (χ0) is 17.7. The maximum atomic E-state index is 9.01. The van der Waals surface area contributed by atoms with Crippen LogP contribution in [0.2, 0.25) is 0 Å². The lowest BCUT2D eigenvalue weighted by atomic mass is 9.76. The molecule has 2 saturated carbocycles. The average molecular weight is 344 g/mol. The second-order valence-electron chi connectivity index (χ2n) is 8.84. The molecule has 0 atom stereocenters. The number of nitrogens with zero attached hydrogens (tertiary/aromatic N) is 1.